The zero-order valence-corrected chi connectivity index (χ0v) is 33.0. The Balaban J connectivity index is 0.989. The average Bonchev–Trinajstić information content (AvgIpc) is 3.58. The number of rotatable bonds is 11. The molecule has 0 radical (unpaired) electrons. The van der Waals surface area contributed by atoms with Crippen LogP contribution < -0.4 is 16.2 Å². The van der Waals surface area contributed by atoms with Gasteiger partial charge in [-0.1, -0.05) is 36.5 Å². The summed E-state index contributed by atoms with van der Waals surface area (Å²) in [4.78, 5) is 59.5. The number of piperidine rings is 2. The van der Waals surface area contributed by atoms with E-state index >= 15 is 0 Å². The fourth-order valence-corrected chi connectivity index (χ4v) is 9.14. The fourth-order valence-electron chi connectivity index (χ4n) is 7.75. The first kappa shape index (κ1) is 38.3. The van der Waals surface area contributed by atoms with Gasteiger partial charge in [-0.2, -0.15) is 5.10 Å². The van der Waals surface area contributed by atoms with Crippen molar-refractivity contribution in [2.45, 2.75) is 89.6 Å². The van der Waals surface area contributed by atoms with Gasteiger partial charge < -0.3 is 10.2 Å². The summed E-state index contributed by atoms with van der Waals surface area (Å²) in [6, 6.07) is -1.42. The molecule has 7 rings (SSSR count). The van der Waals surface area contributed by atoms with Crippen LogP contribution in [0.4, 0.5) is 0 Å². The van der Waals surface area contributed by atoms with E-state index in [0.29, 0.717) is 43.0 Å². The monoisotopic (exact) mass is 783 g/mol. The van der Waals surface area contributed by atoms with E-state index in [0.717, 1.165) is 42.2 Å². The highest BCUT2D eigenvalue weighted by atomic mass is 35.5. The van der Waals surface area contributed by atoms with Gasteiger partial charge in [0.1, 0.15) is 22.9 Å². The lowest BCUT2D eigenvalue weighted by molar-refractivity contribution is -0.136. The quantitative estimate of drug-likeness (QED) is 0.152. The van der Waals surface area contributed by atoms with Crippen LogP contribution in [0.3, 0.4) is 0 Å². The molecular formula is C40H46ClN9O4S. The van der Waals surface area contributed by atoms with Crippen LogP contribution in [-0.2, 0) is 20.8 Å². The molecule has 2 N–H and O–H groups in total. The van der Waals surface area contributed by atoms with Crippen molar-refractivity contribution in [2.24, 2.45) is 10.9 Å². The van der Waals surface area contributed by atoms with Crippen LogP contribution in [0.25, 0.3) is 16.8 Å². The Hall–Kier alpha value is -4.95. The molecule has 2 aliphatic heterocycles. The molecule has 13 nitrogen and oxygen atoms in total. The molecule has 3 aromatic heterocycles. The summed E-state index contributed by atoms with van der Waals surface area (Å²) in [5.41, 5.74) is 5.33. The van der Waals surface area contributed by atoms with E-state index in [1.54, 1.807) is 17.5 Å². The van der Waals surface area contributed by atoms with Crippen LogP contribution in [0.2, 0.25) is 0 Å². The third-order valence-electron chi connectivity index (χ3n) is 11.0. The van der Waals surface area contributed by atoms with Crippen molar-refractivity contribution in [3.05, 3.63) is 91.3 Å². The van der Waals surface area contributed by atoms with Crippen LogP contribution in [0, 0.1) is 26.7 Å². The lowest BCUT2D eigenvalue weighted by atomic mass is 9.95. The number of allylic oxidation sites excluding steroid dienone is 6. The summed E-state index contributed by atoms with van der Waals surface area (Å²) in [5.74, 6) is 0.575. The Morgan fingerprint density at radius 3 is 2.65 bits per heavy atom. The second-order valence-electron chi connectivity index (χ2n) is 14.6. The maximum Gasteiger partial charge on any atom is 0.277 e. The zero-order chi connectivity index (χ0) is 38.8. The highest BCUT2D eigenvalue weighted by molar-refractivity contribution is 7.14. The van der Waals surface area contributed by atoms with E-state index in [-0.39, 0.29) is 47.9 Å². The van der Waals surface area contributed by atoms with Gasteiger partial charge in [-0.05, 0) is 82.2 Å². The Morgan fingerprint density at radius 1 is 1.13 bits per heavy atom. The lowest BCUT2D eigenvalue weighted by Crippen LogP contribution is -2.46. The summed E-state index contributed by atoms with van der Waals surface area (Å²) in [6.45, 7) is 11.9. The minimum absolute atomic E-state index is 0.0209. The highest BCUT2D eigenvalue weighted by Crippen LogP contribution is 2.37. The van der Waals surface area contributed by atoms with Crippen molar-refractivity contribution in [3.8, 4) is 5.00 Å². The molecule has 3 atom stereocenters. The summed E-state index contributed by atoms with van der Waals surface area (Å²) in [7, 11) is 0. The molecule has 0 aromatic carbocycles. The van der Waals surface area contributed by atoms with Crippen molar-refractivity contribution in [3.63, 3.8) is 0 Å². The van der Waals surface area contributed by atoms with Crippen LogP contribution in [0.5, 0.6) is 0 Å². The van der Waals surface area contributed by atoms with Crippen LogP contribution in [0.1, 0.15) is 95.8 Å². The molecule has 3 aromatic rings. The number of imide groups is 1. The maximum absolute atomic E-state index is 13.9. The Bertz CT molecular complexity index is 2200. The zero-order valence-electron chi connectivity index (χ0n) is 31.4. The van der Waals surface area contributed by atoms with Gasteiger partial charge in [0.2, 0.25) is 11.8 Å². The molecule has 0 bridgehead atoms. The predicted octanol–water partition coefficient (Wildman–Crippen LogP) is 5.24. The second kappa shape index (κ2) is 16.4. The minimum atomic E-state index is -0.835. The number of fused-ring (bicyclic) bond motifs is 1. The van der Waals surface area contributed by atoms with Crippen molar-refractivity contribution >= 4 is 59.1 Å². The van der Waals surface area contributed by atoms with Gasteiger partial charge in [-0.15, -0.1) is 33.1 Å². The summed E-state index contributed by atoms with van der Waals surface area (Å²) in [6.07, 6.45) is 18.2. The number of alkyl halides is 1. The first-order valence-corrected chi connectivity index (χ1v) is 20.1. The number of likely N-dealkylation sites (tertiary alicyclic amines) is 1. The van der Waals surface area contributed by atoms with Gasteiger partial charge in [0, 0.05) is 48.6 Å². The van der Waals surface area contributed by atoms with Gasteiger partial charge in [-0.25, -0.2) is 4.68 Å². The number of hydrogen-bond acceptors (Lipinski definition) is 10. The predicted molar refractivity (Wildman–Crippen MR) is 214 cm³/mol. The first-order chi connectivity index (χ1) is 26.5. The van der Waals surface area contributed by atoms with Gasteiger partial charge in [0.15, 0.2) is 5.82 Å². The van der Waals surface area contributed by atoms with Crippen molar-refractivity contribution in [2.75, 3.05) is 19.6 Å². The Kier molecular flexibility index (Phi) is 11.4. The number of carbonyl (C=O) groups is 3. The lowest BCUT2D eigenvalue weighted by Gasteiger charge is -2.35. The largest absolute Gasteiger partial charge is 0.371 e. The van der Waals surface area contributed by atoms with Crippen LogP contribution >= 0.6 is 22.9 Å². The number of nitrogens with zero attached hydrogens (tertiary/aromatic N) is 7. The normalized spacial score (nSPS) is 20.7. The molecule has 2 fully saturated rings. The average molecular weight is 784 g/mol. The van der Waals surface area contributed by atoms with E-state index in [1.165, 1.54) is 26.3 Å². The van der Waals surface area contributed by atoms with Crippen LogP contribution in [0.15, 0.2) is 51.9 Å². The summed E-state index contributed by atoms with van der Waals surface area (Å²) in [5, 5.41) is 19.8. The van der Waals surface area contributed by atoms with Gasteiger partial charge in [0.05, 0.1) is 23.6 Å². The third kappa shape index (κ3) is 8.06. The standard InChI is InChI=1S/C40H46ClN9O4S/c1-23-24(2)55-40(30(23)19-26-9-11-29(41)12-10-26)49-25(3)46-47-37(49)31(42-4)20-35(52)43-21-27-15-17-48(18-16-27)32-8-6-5-7-28-22-44-50(39(54)36(28)32)33-13-14-34(51)45-38(33)53/h5,7-11,22,27,29,31,33H,4,6,12-21H2,1-3H3,(H,43,52)(H,45,51,53). The molecule has 2 aliphatic carbocycles. The van der Waals surface area contributed by atoms with E-state index in [1.807, 2.05) is 35.8 Å². The number of nitrogens with one attached hydrogen (secondary N) is 2. The van der Waals surface area contributed by atoms with Crippen molar-refractivity contribution in [1.82, 2.24) is 40.1 Å². The molecule has 5 heterocycles. The minimum Gasteiger partial charge on any atom is -0.371 e. The number of thiophene rings is 1. The molecular weight excluding hydrogens is 738 g/mol. The number of hydrogen-bond donors (Lipinski definition) is 2. The van der Waals surface area contributed by atoms with E-state index in [2.05, 4.69) is 68.5 Å². The van der Waals surface area contributed by atoms with E-state index in [4.69, 9.17) is 11.6 Å². The number of aliphatic imine (C=N–C) groups is 1. The highest BCUT2D eigenvalue weighted by Gasteiger charge is 2.33. The summed E-state index contributed by atoms with van der Waals surface area (Å²) < 4.78 is 3.25. The SMILES string of the molecule is C=NC(CC(=O)NCC1CCN(C2=CCC=Cc3cnn(C4CCC(=O)NC4=O)c(=O)c32)CC1)c1nnc(C)n1-c1sc(C)c(C)c1CC1=CCC(Cl)C=C1. The molecule has 2 saturated heterocycles. The van der Waals surface area contributed by atoms with E-state index < -0.39 is 18.0 Å². The third-order valence-corrected chi connectivity index (χ3v) is 12.6. The number of carbonyl (C=O) groups excluding carboxylic acids is 3. The first-order valence-electron chi connectivity index (χ1n) is 18.8. The van der Waals surface area contributed by atoms with E-state index in [9.17, 15) is 19.2 Å². The topological polar surface area (TPSA) is 156 Å². The molecule has 3 amide bonds. The fraction of sp³-hybridized carbons (Fsp3) is 0.450. The molecule has 4 aliphatic rings. The van der Waals surface area contributed by atoms with Gasteiger partial charge in [0.25, 0.3) is 11.5 Å². The smallest absolute Gasteiger partial charge is 0.277 e. The molecule has 15 heteroatoms. The number of halogens is 1. The van der Waals surface area contributed by atoms with Crippen molar-refractivity contribution < 1.29 is 14.4 Å². The Morgan fingerprint density at radius 2 is 1.93 bits per heavy atom. The molecule has 3 unspecified atom stereocenters. The van der Waals surface area contributed by atoms with Gasteiger partial charge >= 0.3 is 0 Å². The molecule has 0 spiro atoms. The Labute approximate surface area is 329 Å². The number of aromatic nitrogens is 5. The maximum atomic E-state index is 13.9. The molecule has 0 saturated carbocycles. The second-order valence-corrected chi connectivity index (χ2v) is 16.4. The number of amides is 3. The molecule has 288 valence electrons. The number of aryl methyl sites for hydroxylation is 2. The van der Waals surface area contributed by atoms with Crippen molar-refractivity contribution in [1.29, 1.82) is 0 Å². The van der Waals surface area contributed by atoms with Crippen LogP contribution in [-0.4, -0.2) is 78.9 Å². The summed E-state index contributed by atoms with van der Waals surface area (Å²) >= 11 is 7.98. The van der Waals surface area contributed by atoms with Gasteiger partial charge in [-0.3, -0.25) is 34.1 Å². The molecule has 55 heavy (non-hydrogen) atoms.